The van der Waals surface area contributed by atoms with E-state index >= 15 is 0 Å². The normalized spacial score (nSPS) is 38.0. The van der Waals surface area contributed by atoms with Gasteiger partial charge in [-0.05, 0) is 44.1 Å². The van der Waals surface area contributed by atoms with Gasteiger partial charge in [0.1, 0.15) is 0 Å². The van der Waals surface area contributed by atoms with Crippen LogP contribution in [0.4, 0.5) is 0 Å². The molecule has 2 fully saturated rings. The van der Waals surface area contributed by atoms with Gasteiger partial charge >= 0.3 is 0 Å². The summed E-state index contributed by atoms with van der Waals surface area (Å²) in [5.41, 5.74) is 0.680. The van der Waals surface area contributed by atoms with E-state index in [1.807, 2.05) is 0 Å². The van der Waals surface area contributed by atoms with Gasteiger partial charge in [0.25, 0.3) is 0 Å². The van der Waals surface area contributed by atoms with Crippen LogP contribution in [-0.4, -0.2) is 39.5 Å². The minimum atomic E-state index is 0.568. The maximum absolute atomic E-state index is 5.60. The number of hydrogen-bond acceptors (Lipinski definition) is 3. The fraction of sp³-hybridized carbons (Fsp3) is 1.00. The summed E-state index contributed by atoms with van der Waals surface area (Å²) in [4.78, 5) is 0. The number of methoxy groups -OCH3 is 1. The van der Waals surface area contributed by atoms with Gasteiger partial charge in [-0.3, -0.25) is 0 Å². The lowest BCUT2D eigenvalue weighted by Crippen LogP contribution is -2.36. The van der Waals surface area contributed by atoms with Crippen LogP contribution in [-0.2, 0) is 9.47 Å². The van der Waals surface area contributed by atoms with Crippen molar-refractivity contribution < 1.29 is 9.47 Å². The summed E-state index contributed by atoms with van der Waals surface area (Å²) in [5.74, 6) is 0.908. The van der Waals surface area contributed by atoms with Crippen molar-refractivity contribution in [2.75, 3.05) is 33.4 Å². The zero-order valence-electron chi connectivity index (χ0n) is 9.92. The van der Waals surface area contributed by atoms with Crippen LogP contribution >= 0.6 is 0 Å². The van der Waals surface area contributed by atoms with Crippen molar-refractivity contribution in [3.8, 4) is 0 Å². The molecule has 0 heterocycles. The first-order valence-electron chi connectivity index (χ1n) is 6.12. The Morgan fingerprint density at radius 1 is 1.33 bits per heavy atom. The van der Waals surface area contributed by atoms with Crippen molar-refractivity contribution in [1.29, 1.82) is 0 Å². The van der Waals surface area contributed by atoms with Crippen molar-refractivity contribution in [3.63, 3.8) is 0 Å². The molecule has 15 heavy (non-hydrogen) atoms. The smallest absolute Gasteiger partial charge is 0.0587 e. The molecule has 1 N–H and O–H groups in total. The topological polar surface area (TPSA) is 30.5 Å². The van der Waals surface area contributed by atoms with Crippen molar-refractivity contribution >= 4 is 0 Å². The summed E-state index contributed by atoms with van der Waals surface area (Å²) in [6, 6.07) is 0. The Bertz CT molecular complexity index is 202. The molecule has 2 aliphatic carbocycles. The van der Waals surface area contributed by atoms with E-state index in [0.29, 0.717) is 11.5 Å². The van der Waals surface area contributed by atoms with Gasteiger partial charge in [-0.25, -0.2) is 0 Å². The summed E-state index contributed by atoms with van der Waals surface area (Å²) in [6.45, 7) is 5.93. The molecular weight excluding hydrogens is 190 g/mol. The van der Waals surface area contributed by atoms with E-state index < -0.39 is 0 Å². The van der Waals surface area contributed by atoms with Gasteiger partial charge in [0.15, 0.2) is 0 Å². The van der Waals surface area contributed by atoms with Crippen LogP contribution in [0.25, 0.3) is 0 Å². The maximum atomic E-state index is 5.60. The molecule has 0 aromatic carbocycles. The predicted octanol–water partition coefficient (Wildman–Crippen LogP) is 1.43. The first-order chi connectivity index (χ1) is 7.30. The average Bonchev–Trinajstić information content (AvgIpc) is 2.87. The van der Waals surface area contributed by atoms with E-state index in [1.54, 1.807) is 7.11 Å². The zero-order valence-corrected chi connectivity index (χ0v) is 9.92. The van der Waals surface area contributed by atoms with Crippen LogP contribution in [0.15, 0.2) is 0 Å². The highest BCUT2D eigenvalue weighted by Gasteiger charge is 2.61. The maximum Gasteiger partial charge on any atom is 0.0587 e. The molecule has 0 aromatic heterocycles. The largest absolute Gasteiger partial charge is 0.383 e. The van der Waals surface area contributed by atoms with E-state index in [1.165, 1.54) is 25.8 Å². The van der Waals surface area contributed by atoms with Gasteiger partial charge in [0.2, 0.25) is 0 Å². The minimum absolute atomic E-state index is 0.568. The Morgan fingerprint density at radius 2 is 2.13 bits per heavy atom. The van der Waals surface area contributed by atoms with Gasteiger partial charge in [0.05, 0.1) is 12.7 Å². The summed E-state index contributed by atoms with van der Waals surface area (Å²) < 4.78 is 10.6. The molecule has 3 nitrogen and oxygen atoms in total. The fourth-order valence-electron chi connectivity index (χ4n) is 2.87. The highest BCUT2D eigenvalue weighted by molar-refractivity contribution is 5.11. The van der Waals surface area contributed by atoms with Crippen LogP contribution in [0.5, 0.6) is 0 Å². The minimum Gasteiger partial charge on any atom is -0.383 e. The summed E-state index contributed by atoms with van der Waals surface area (Å²) >= 11 is 0. The fourth-order valence-corrected chi connectivity index (χ4v) is 2.87. The third-order valence-corrected chi connectivity index (χ3v) is 3.90. The molecule has 0 bridgehead atoms. The Balaban J connectivity index is 1.53. The lowest BCUT2D eigenvalue weighted by Gasteiger charge is -2.36. The van der Waals surface area contributed by atoms with E-state index in [9.17, 15) is 0 Å². The second-order valence-corrected chi connectivity index (χ2v) is 4.95. The van der Waals surface area contributed by atoms with Crippen LogP contribution in [0, 0.1) is 11.3 Å². The number of ether oxygens (including phenoxy) is 2. The summed E-state index contributed by atoms with van der Waals surface area (Å²) in [5, 5.41) is 3.45. The standard InChI is InChI=1S/C12H23NO2/c1-3-15-11-7-12(8-11)6-10(12)9-13-4-5-14-2/h10-11,13H,3-9H2,1-2H3. The molecule has 3 heteroatoms. The number of rotatable bonds is 7. The lowest BCUT2D eigenvalue weighted by molar-refractivity contribution is -0.0401. The second-order valence-electron chi connectivity index (χ2n) is 4.95. The molecule has 0 aromatic rings. The Morgan fingerprint density at radius 3 is 2.80 bits per heavy atom. The Hall–Kier alpha value is -0.120. The predicted molar refractivity (Wildman–Crippen MR) is 59.9 cm³/mol. The first-order valence-corrected chi connectivity index (χ1v) is 6.12. The molecule has 2 aliphatic rings. The van der Waals surface area contributed by atoms with Gasteiger partial charge in [-0.1, -0.05) is 0 Å². The van der Waals surface area contributed by atoms with E-state index in [-0.39, 0.29) is 0 Å². The molecule has 1 atom stereocenters. The molecule has 1 unspecified atom stereocenters. The quantitative estimate of drug-likeness (QED) is 0.649. The zero-order chi connectivity index (χ0) is 10.7. The molecule has 0 aliphatic heterocycles. The van der Waals surface area contributed by atoms with Gasteiger partial charge in [-0.2, -0.15) is 0 Å². The Labute approximate surface area is 92.5 Å². The summed E-state index contributed by atoms with van der Waals surface area (Å²) in [6.07, 6.45) is 4.59. The monoisotopic (exact) mass is 213 g/mol. The van der Waals surface area contributed by atoms with Crippen LogP contribution < -0.4 is 5.32 Å². The molecule has 0 radical (unpaired) electrons. The first kappa shape index (κ1) is 11.4. The van der Waals surface area contributed by atoms with Crippen LogP contribution in [0.2, 0.25) is 0 Å². The number of hydrogen-bond donors (Lipinski definition) is 1. The van der Waals surface area contributed by atoms with Crippen LogP contribution in [0.1, 0.15) is 26.2 Å². The average molecular weight is 213 g/mol. The summed E-state index contributed by atoms with van der Waals surface area (Å²) in [7, 11) is 1.75. The lowest BCUT2D eigenvalue weighted by atomic mass is 9.77. The van der Waals surface area contributed by atoms with Crippen molar-refractivity contribution in [3.05, 3.63) is 0 Å². The third kappa shape index (κ3) is 2.52. The van der Waals surface area contributed by atoms with Crippen molar-refractivity contribution in [1.82, 2.24) is 5.32 Å². The molecule has 1 spiro atoms. The Kier molecular flexibility index (Phi) is 3.65. The molecular formula is C12H23NO2. The number of nitrogens with one attached hydrogen (secondary N) is 1. The SMILES string of the molecule is CCOC1CC2(C1)CC2CNCCOC. The van der Waals surface area contributed by atoms with E-state index in [4.69, 9.17) is 9.47 Å². The van der Waals surface area contributed by atoms with Gasteiger partial charge < -0.3 is 14.8 Å². The van der Waals surface area contributed by atoms with Gasteiger partial charge in [0, 0.05) is 20.3 Å². The molecule has 0 amide bonds. The van der Waals surface area contributed by atoms with Crippen molar-refractivity contribution in [2.45, 2.75) is 32.3 Å². The molecule has 88 valence electrons. The van der Waals surface area contributed by atoms with Crippen LogP contribution in [0.3, 0.4) is 0 Å². The van der Waals surface area contributed by atoms with E-state index in [2.05, 4.69) is 12.2 Å². The highest BCUT2D eigenvalue weighted by Crippen LogP contribution is 2.65. The molecule has 2 saturated carbocycles. The third-order valence-electron chi connectivity index (χ3n) is 3.90. The molecule has 0 saturated heterocycles. The molecule has 2 rings (SSSR count). The second kappa shape index (κ2) is 4.81. The van der Waals surface area contributed by atoms with Crippen molar-refractivity contribution in [2.24, 2.45) is 11.3 Å². The van der Waals surface area contributed by atoms with Gasteiger partial charge in [-0.15, -0.1) is 0 Å². The van der Waals surface area contributed by atoms with E-state index in [0.717, 1.165) is 25.7 Å². The highest BCUT2D eigenvalue weighted by atomic mass is 16.5.